The van der Waals surface area contributed by atoms with Crippen molar-refractivity contribution in [1.29, 1.82) is 0 Å². The second kappa shape index (κ2) is 7.91. The average molecular weight is 417 g/mol. The number of carbonyl (C=O) groups excluding carboxylic acids is 2. The first-order valence-corrected chi connectivity index (χ1v) is 10.4. The molecule has 2 aliphatic rings. The Bertz CT molecular complexity index is 1180. The van der Waals surface area contributed by atoms with Crippen molar-refractivity contribution in [3.8, 4) is 11.5 Å². The first kappa shape index (κ1) is 19.4. The van der Waals surface area contributed by atoms with Crippen LogP contribution in [0, 0.1) is 0 Å². The molecule has 1 unspecified atom stereocenters. The largest absolute Gasteiger partial charge is 0.486 e. The fourth-order valence-electron chi connectivity index (χ4n) is 4.27. The molecule has 2 amide bonds. The van der Waals surface area contributed by atoms with Crippen molar-refractivity contribution >= 4 is 22.7 Å². The number of likely N-dealkylation sites (tertiary alicyclic amines) is 1. The van der Waals surface area contributed by atoms with Gasteiger partial charge in [-0.1, -0.05) is 18.2 Å². The Kier molecular flexibility index (Phi) is 4.94. The van der Waals surface area contributed by atoms with Crippen molar-refractivity contribution in [2.24, 2.45) is 0 Å². The Hall–Kier alpha value is -3.61. The molecule has 7 heteroatoms. The van der Waals surface area contributed by atoms with Crippen LogP contribution in [0.5, 0.6) is 11.5 Å². The number of hydrogen-bond acceptors (Lipinski definition) is 5. The fraction of sp³-hybridized carbons (Fsp3) is 0.292. The van der Waals surface area contributed by atoms with E-state index in [-0.39, 0.29) is 17.7 Å². The molecule has 158 valence electrons. The topological polar surface area (TPSA) is 80.8 Å². The molecule has 5 rings (SSSR count). The third-order valence-electron chi connectivity index (χ3n) is 5.89. The number of nitrogens with one attached hydrogen (secondary N) is 1. The highest BCUT2D eigenvalue weighted by atomic mass is 16.6. The van der Waals surface area contributed by atoms with Gasteiger partial charge in [-0.2, -0.15) is 0 Å². The minimum Gasteiger partial charge on any atom is -0.486 e. The minimum absolute atomic E-state index is 0.0354. The summed E-state index contributed by atoms with van der Waals surface area (Å²) in [5, 5.41) is 3.54. The number of fused-ring (bicyclic) bond motifs is 2. The summed E-state index contributed by atoms with van der Waals surface area (Å²) in [5.41, 5.74) is 2.83. The van der Waals surface area contributed by atoms with Crippen molar-refractivity contribution in [3.05, 3.63) is 65.4 Å². The molecule has 0 spiro atoms. The second-order valence-electron chi connectivity index (χ2n) is 7.79. The third-order valence-corrected chi connectivity index (χ3v) is 5.89. The molecule has 1 atom stereocenters. The van der Waals surface area contributed by atoms with Crippen LogP contribution < -0.4 is 14.8 Å². The van der Waals surface area contributed by atoms with Gasteiger partial charge < -0.3 is 19.7 Å². The predicted molar refractivity (Wildman–Crippen MR) is 116 cm³/mol. The smallest absolute Gasteiger partial charge is 0.254 e. The molecule has 2 aromatic carbocycles. The van der Waals surface area contributed by atoms with E-state index in [0.29, 0.717) is 48.9 Å². The van der Waals surface area contributed by atoms with E-state index in [2.05, 4.69) is 5.32 Å². The summed E-state index contributed by atoms with van der Waals surface area (Å²) >= 11 is 0. The van der Waals surface area contributed by atoms with E-state index in [1.54, 1.807) is 25.2 Å². The summed E-state index contributed by atoms with van der Waals surface area (Å²) in [7, 11) is 1.63. The van der Waals surface area contributed by atoms with E-state index >= 15 is 0 Å². The number of rotatable bonds is 3. The van der Waals surface area contributed by atoms with Gasteiger partial charge in [0.1, 0.15) is 13.2 Å². The number of nitrogens with zero attached hydrogens (tertiary/aromatic N) is 2. The van der Waals surface area contributed by atoms with Gasteiger partial charge in [-0.05, 0) is 36.8 Å². The van der Waals surface area contributed by atoms with Crippen molar-refractivity contribution in [3.63, 3.8) is 0 Å². The van der Waals surface area contributed by atoms with Crippen LogP contribution in [0.15, 0.2) is 48.5 Å². The van der Waals surface area contributed by atoms with Crippen LogP contribution in [0.3, 0.4) is 0 Å². The van der Waals surface area contributed by atoms with Crippen molar-refractivity contribution < 1.29 is 19.1 Å². The van der Waals surface area contributed by atoms with Gasteiger partial charge in [-0.15, -0.1) is 0 Å². The van der Waals surface area contributed by atoms with Gasteiger partial charge in [0.2, 0.25) is 0 Å². The molecule has 3 heterocycles. The fourth-order valence-corrected chi connectivity index (χ4v) is 4.27. The van der Waals surface area contributed by atoms with Gasteiger partial charge in [-0.25, -0.2) is 0 Å². The quantitative estimate of drug-likeness (QED) is 0.709. The lowest BCUT2D eigenvalue weighted by Crippen LogP contribution is -2.28. The maximum absolute atomic E-state index is 13.1. The highest BCUT2D eigenvalue weighted by molar-refractivity contribution is 6.06. The molecule has 1 N–H and O–H groups in total. The second-order valence-corrected chi connectivity index (χ2v) is 7.79. The first-order valence-electron chi connectivity index (χ1n) is 10.4. The van der Waals surface area contributed by atoms with Crippen LogP contribution in [0.4, 0.5) is 0 Å². The van der Waals surface area contributed by atoms with Gasteiger partial charge in [0.05, 0.1) is 11.1 Å². The highest BCUT2D eigenvalue weighted by Gasteiger charge is 2.30. The molecule has 1 aromatic heterocycles. The highest BCUT2D eigenvalue weighted by Crippen LogP contribution is 2.33. The summed E-state index contributed by atoms with van der Waals surface area (Å²) in [5.74, 6) is 1.19. The Balaban J connectivity index is 1.40. The lowest BCUT2D eigenvalue weighted by Gasteiger charge is -2.21. The van der Waals surface area contributed by atoms with E-state index < -0.39 is 0 Å². The van der Waals surface area contributed by atoms with Crippen LogP contribution in [-0.2, 0) is 0 Å². The number of para-hydroxylation sites is 1. The van der Waals surface area contributed by atoms with Crippen LogP contribution >= 0.6 is 0 Å². The maximum Gasteiger partial charge on any atom is 0.254 e. The number of hydrogen-bond donors (Lipinski definition) is 1. The van der Waals surface area contributed by atoms with Gasteiger partial charge >= 0.3 is 0 Å². The van der Waals surface area contributed by atoms with E-state index in [9.17, 15) is 9.59 Å². The van der Waals surface area contributed by atoms with E-state index in [1.165, 1.54) is 0 Å². The zero-order valence-electron chi connectivity index (χ0n) is 17.3. The molecule has 0 saturated carbocycles. The monoisotopic (exact) mass is 417 g/mol. The molecule has 0 aliphatic carbocycles. The Labute approximate surface area is 180 Å². The SMILES string of the molecule is CNC(=O)c1cc(C2CCN(C(=O)c3ccc4c(c3)OCCO4)C2)nc2ccccc12. The van der Waals surface area contributed by atoms with Crippen LogP contribution in [0.1, 0.15) is 38.7 Å². The first-order chi connectivity index (χ1) is 15.1. The van der Waals surface area contributed by atoms with Crippen LogP contribution in [0.25, 0.3) is 10.9 Å². The Morgan fingerprint density at radius 1 is 1.06 bits per heavy atom. The van der Waals surface area contributed by atoms with Crippen LogP contribution in [0.2, 0.25) is 0 Å². The summed E-state index contributed by atoms with van der Waals surface area (Å²) in [6.07, 6.45) is 0.800. The lowest BCUT2D eigenvalue weighted by molar-refractivity contribution is 0.0789. The summed E-state index contributed by atoms with van der Waals surface area (Å²) in [4.78, 5) is 32.2. The van der Waals surface area contributed by atoms with E-state index in [0.717, 1.165) is 23.0 Å². The van der Waals surface area contributed by atoms with Crippen LogP contribution in [-0.4, -0.2) is 55.0 Å². The number of amides is 2. The van der Waals surface area contributed by atoms with Crippen molar-refractivity contribution in [2.75, 3.05) is 33.4 Å². The zero-order chi connectivity index (χ0) is 21.4. The molecule has 3 aromatic rings. The van der Waals surface area contributed by atoms with Crippen molar-refractivity contribution in [1.82, 2.24) is 15.2 Å². The normalized spacial score (nSPS) is 17.6. The number of aromatic nitrogens is 1. The molecular formula is C24H23N3O4. The van der Waals surface area contributed by atoms with E-state index in [1.807, 2.05) is 35.2 Å². The predicted octanol–water partition coefficient (Wildman–Crippen LogP) is 3.00. The Morgan fingerprint density at radius 2 is 1.87 bits per heavy atom. The molecule has 0 bridgehead atoms. The maximum atomic E-state index is 13.1. The van der Waals surface area contributed by atoms with Gasteiger partial charge in [-0.3, -0.25) is 14.6 Å². The molecule has 7 nitrogen and oxygen atoms in total. The average Bonchev–Trinajstić information content (AvgIpc) is 3.32. The molecule has 1 fully saturated rings. The number of carbonyl (C=O) groups is 2. The van der Waals surface area contributed by atoms with Gasteiger partial charge in [0.25, 0.3) is 11.8 Å². The number of ether oxygens (including phenoxy) is 2. The minimum atomic E-state index is -0.137. The van der Waals surface area contributed by atoms with Gasteiger partial charge in [0.15, 0.2) is 11.5 Å². The standard InChI is InChI=1S/C24H23N3O4/c1-25-23(28)18-13-20(26-19-5-3-2-4-17(18)19)16-8-9-27(14-16)24(29)15-6-7-21-22(12-15)31-11-10-30-21/h2-7,12-13,16H,8-11,14H2,1H3,(H,25,28). The third kappa shape index (κ3) is 3.56. The number of pyridine rings is 1. The summed E-state index contributed by atoms with van der Waals surface area (Å²) in [6.45, 7) is 2.20. The molecule has 0 radical (unpaired) electrons. The molecular weight excluding hydrogens is 394 g/mol. The molecule has 31 heavy (non-hydrogen) atoms. The van der Waals surface area contributed by atoms with E-state index in [4.69, 9.17) is 14.5 Å². The molecule has 1 saturated heterocycles. The number of benzene rings is 2. The van der Waals surface area contributed by atoms with Crippen molar-refractivity contribution in [2.45, 2.75) is 12.3 Å². The zero-order valence-corrected chi connectivity index (χ0v) is 17.3. The van der Waals surface area contributed by atoms with Gasteiger partial charge in [0, 0.05) is 42.7 Å². The molecule has 2 aliphatic heterocycles. The Morgan fingerprint density at radius 3 is 2.71 bits per heavy atom. The summed E-state index contributed by atoms with van der Waals surface area (Å²) in [6, 6.07) is 14.8. The lowest BCUT2D eigenvalue weighted by atomic mass is 9.99. The summed E-state index contributed by atoms with van der Waals surface area (Å²) < 4.78 is 11.2.